The number of aliphatic imine (C=N–C) groups is 1. The highest BCUT2D eigenvalue weighted by atomic mass is 19.1. The van der Waals surface area contributed by atoms with Crippen LogP contribution in [0.3, 0.4) is 0 Å². The lowest BCUT2D eigenvalue weighted by Gasteiger charge is -2.23. The molecule has 1 rings (SSSR count). The van der Waals surface area contributed by atoms with E-state index in [9.17, 15) is 4.39 Å². The van der Waals surface area contributed by atoms with Gasteiger partial charge in [-0.05, 0) is 31.5 Å². The number of anilines is 1. The predicted octanol–water partition coefficient (Wildman–Crippen LogP) is 2.65. The maximum atomic E-state index is 14.2. The number of hydrogen-bond donors (Lipinski definition) is 0. The minimum atomic E-state index is -0.178. The van der Waals surface area contributed by atoms with Crippen molar-refractivity contribution in [3.63, 3.8) is 0 Å². The number of rotatable bonds is 5. The first-order valence-electron chi connectivity index (χ1n) is 7.33. The molecule has 0 radical (unpaired) electrons. The fourth-order valence-corrected chi connectivity index (χ4v) is 2.31. The highest BCUT2D eigenvalue weighted by molar-refractivity contribution is 5.79. The smallest absolute Gasteiger partial charge is 0.195 e. The van der Waals surface area contributed by atoms with Gasteiger partial charge >= 0.3 is 0 Å². The molecule has 0 spiro atoms. The molecule has 0 amide bonds. The van der Waals surface area contributed by atoms with Crippen molar-refractivity contribution in [3.05, 3.63) is 29.6 Å². The molecule has 0 aliphatic rings. The second-order valence-corrected chi connectivity index (χ2v) is 5.36. The normalized spacial score (nSPS) is 10.2. The highest BCUT2D eigenvalue weighted by Gasteiger charge is 2.09. The second-order valence-electron chi connectivity index (χ2n) is 5.36. The summed E-state index contributed by atoms with van der Waals surface area (Å²) >= 11 is 0. The average molecular weight is 294 g/mol. The summed E-state index contributed by atoms with van der Waals surface area (Å²) in [4.78, 5) is 10.4. The largest absolute Gasteiger partial charge is 0.370 e. The molecule has 5 heteroatoms. The lowest BCUT2D eigenvalue weighted by molar-refractivity contribution is 0.479. The second kappa shape index (κ2) is 7.86. The van der Waals surface area contributed by atoms with E-state index in [2.05, 4.69) is 4.99 Å². The van der Waals surface area contributed by atoms with Crippen LogP contribution in [0.2, 0.25) is 0 Å². The van der Waals surface area contributed by atoms with Gasteiger partial charge in [0, 0.05) is 41.3 Å². The van der Waals surface area contributed by atoms with Gasteiger partial charge in [-0.3, -0.25) is 0 Å². The Morgan fingerprint density at radius 3 is 2.05 bits per heavy atom. The van der Waals surface area contributed by atoms with Crippen molar-refractivity contribution in [3.8, 4) is 0 Å². The Balaban J connectivity index is 2.92. The van der Waals surface area contributed by atoms with Gasteiger partial charge < -0.3 is 14.7 Å². The van der Waals surface area contributed by atoms with E-state index < -0.39 is 0 Å². The van der Waals surface area contributed by atoms with Gasteiger partial charge in [0.25, 0.3) is 0 Å². The Labute approximate surface area is 127 Å². The van der Waals surface area contributed by atoms with Crippen molar-refractivity contribution < 1.29 is 4.39 Å². The van der Waals surface area contributed by atoms with Crippen LogP contribution in [0.4, 0.5) is 10.1 Å². The zero-order valence-corrected chi connectivity index (χ0v) is 14.0. The van der Waals surface area contributed by atoms with Crippen LogP contribution in [0.15, 0.2) is 23.2 Å². The maximum absolute atomic E-state index is 14.2. The Morgan fingerprint density at radius 2 is 1.62 bits per heavy atom. The summed E-state index contributed by atoms with van der Waals surface area (Å²) in [5.74, 6) is 0.686. The molecule has 0 heterocycles. The van der Waals surface area contributed by atoms with Crippen molar-refractivity contribution in [2.75, 3.05) is 46.2 Å². The van der Waals surface area contributed by atoms with Crippen LogP contribution >= 0.6 is 0 Å². The third-order valence-corrected chi connectivity index (χ3v) is 3.32. The Kier molecular flexibility index (Phi) is 6.46. The third-order valence-electron chi connectivity index (χ3n) is 3.32. The number of benzene rings is 1. The summed E-state index contributed by atoms with van der Waals surface area (Å²) in [6, 6.07) is 5.38. The van der Waals surface area contributed by atoms with E-state index in [-0.39, 0.29) is 5.82 Å². The van der Waals surface area contributed by atoms with Gasteiger partial charge in [0.15, 0.2) is 5.96 Å². The fraction of sp³-hybridized carbons (Fsp3) is 0.562. The van der Waals surface area contributed by atoms with E-state index in [1.807, 2.05) is 68.9 Å². The standard InChI is InChI=1S/C16H27FN4/c1-7-21(8-2)15-10-9-13(11-14(15)17)12-18-16(19(3)4)20(5)6/h9-11H,7-8,12H2,1-6H3. The molecule has 0 saturated carbocycles. The monoisotopic (exact) mass is 294 g/mol. The van der Waals surface area contributed by atoms with Crippen molar-refractivity contribution >= 4 is 11.6 Å². The zero-order valence-electron chi connectivity index (χ0n) is 14.0. The van der Waals surface area contributed by atoms with E-state index in [1.165, 1.54) is 0 Å². The van der Waals surface area contributed by atoms with Gasteiger partial charge in [0.05, 0.1) is 12.2 Å². The Hall–Kier alpha value is -1.78. The number of nitrogens with zero attached hydrogens (tertiary/aromatic N) is 4. The predicted molar refractivity (Wildman–Crippen MR) is 88.5 cm³/mol. The molecule has 0 atom stereocenters. The van der Waals surface area contributed by atoms with Crippen LogP contribution in [-0.2, 0) is 6.54 Å². The molecule has 0 saturated heterocycles. The first-order chi connectivity index (χ1) is 9.90. The molecular weight excluding hydrogens is 267 g/mol. The molecular formula is C16H27FN4. The van der Waals surface area contributed by atoms with Crippen molar-refractivity contribution in [1.29, 1.82) is 0 Å². The molecule has 0 fully saturated rings. The van der Waals surface area contributed by atoms with Crippen molar-refractivity contribution in [1.82, 2.24) is 9.80 Å². The molecule has 0 N–H and O–H groups in total. The summed E-state index contributed by atoms with van der Waals surface area (Å²) in [7, 11) is 7.79. The van der Waals surface area contributed by atoms with Gasteiger partial charge in [-0.15, -0.1) is 0 Å². The van der Waals surface area contributed by atoms with Gasteiger partial charge in [-0.2, -0.15) is 0 Å². The van der Waals surface area contributed by atoms with Crippen LogP contribution < -0.4 is 4.90 Å². The quantitative estimate of drug-likeness (QED) is 0.616. The SMILES string of the molecule is CCN(CC)c1ccc(CN=C(N(C)C)N(C)C)cc1F. The summed E-state index contributed by atoms with van der Waals surface area (Å²) < 4.78 is 14.2. The molecule has 1 aromatic carbocycles. The Bertz CT molecular complexity index is 469. The van der Waals surface area contributed by atoms with E-state index in [0.717, 1.165) is 24.6 Å². The molecule has 0 aliphatic carbocycles. The van der Waals surface area contributed by atoms with Crippen LogP contribution in [0.5, 0.6) is 0 Å². The van der Waals surface area contributed by atoms with E-state index in [1.54, 1.807) is 6.07 Å². The molecule has 4 nitrogen and oxygen atoms in total. The lowest BCUT2D eigenvalue weighted by Crippen LogP contribution is -2.35. The highest BCUT2D eigenvalue weighted by Crippen LogP contribution is 2.20. The van der Waals surface area contributed by atoms with E-state index in [4.69, 9.17) is 0 Å². The van der Waals surface area contributed by atoms with Crippen LogP contribution in [0, 0.1) is 5.82 Å². The van der Waals surface area contributed by atoms with Crippen LogP contribution in [0.1, 0.15) is 19.4 Å². The van der Waals surface area contributed by atoms with E-state index in [0.29, 0.717) is 12.2 Å². The minimum absolute atomic E-state index is 0.178. The topological polar surface area (TPSA) is 22.1 Å². The summed E-state index contributed by atoms with van der Waals surface area (Å²) in [5, 5.41) is 0. The van der Waals surface area contributed by atoms with Gasteiger partial charge in [-0.25, -0.2) is 9.38 Å². The number of guanidine groups is 1. The minimum Gasteiger partial charge on any atom is -0.370 e. The molecule has 21 heavy (non-hydrogen) atoms. The molecule has 0 unspecified atom stereocenters. The first-order valence-corrected chi connectivity index (χ1v) is 7.33. The first kappa shape index (κ1) is 17.3. The summed E-state index contributed by atoms with van der Waals surface area (Å²) in [5.41, 5.74) is 1.54. The third kappa shape index (κ3) is 4.62. The Morgan fingerprint density at radius 1 is 1.05 bits per heavy atom. The molecule has 0 bridgehead atoms. The molecule has 0 aromatic heterocycles. The average Bonchev–Trinajstić information content (AvgIpc) is 2.41. The zero-order chi connectivity index (χ0) is 16.0. The lowest BCUT2D eigenvalue weighted by atomic mass is 10.2. The van der Waals surface area contributed by atoms with E-state index >= 15 is 0 Å². The summed E-state index contributed by atoms with van der Waals surface area (Å²) in [6.07, 6.45) is 0. The molecule has 118 valence electrons. The number of halogens is 1. The fourth-order valence-electron chi connectivity index (χ4n) is 2.31. The molecule has 1 aromatic rings. The van der Waals surface area contributed by atoms with Crippen molar-refractivity contribution in [2.45, 2.75) is 20.4 Å². The van der Waals surface area contributed by atoms with Gasteiger partial charge in [0.1, 0.15) is 5.82 Å². The van der Waals surface area contributed by atoms with Gasteiger partial charge in [0.2, 0.25) is 0 Å². The summed E-state index contributed by atoms with van der Waals surface area (Å²) in [6.45, 7) is 6.14. The van der Waals surface area contributed by atoms with Crippen LogP contribution in [0.25, 0.3) is 0 Å². The van der Waals surface area contributed by atoms with Gasteiger partial charge in [-0.1, -0.05) is 6.07 Å². The van der Waals surface area contributed by atoms with Crippen LogP contribution in [-0.4, -0.2) is 57.0 Å². The van der Waals surface area contributed by atoms with Crippen molar-refractivity contribution in [2.24, 2.45) is 4.99 Å². The maximum Gasteiger partial charge on any atom is 0.195 e. The molecule has 0 aliphatic heterocycles. The number of hydrogen-bond acceptors (Lipinski definition) is 2.